The molecule has 2 aromatic heterocycles. The predicted octanol–water partition coefficient (Wildman–Crippen LogP) is 1.59. The molecule has 1 atom stereocenters. The van der Waals surface area contributed by atoms with E-state index in [-0.39, 0.29) is 10.9 Å². The van der Waals surface area contributed by atoms with Crippen molar-refractivity contribution in [1.82, 2.24) is 10.3 Å². The number of nitrogens with zero attached hydrogens (tertiary/aromatic N) is 2. The molecule has 0 radical (unpaired) electrons. The van der Waals surface area contributed by atoms with Crippen molar-refractivity contribution in [3.63, 3.8) is 0 Å². The van der Waals surface area contributed by atoms with Crippen LogP contribution in [-0.4, -0.2) is 36.1 Å². The molecular formula is C19H21N5O2S. The summed E-state index contributed by atoms with van der Waals surface area (Å²) in [6.45, 7) is 3.42. The minimum Gasteiger partial charge on any atom is -0.365 e. The number of hydrogen-bond acceptors (Lipinski definition) is 5. The maximum absolute atomic E-state index is 12.1. The lowest BCUT2D eigenvalue weighted by atomic mass is 10.1. The monoisotopic (exact) mass is 383 g/mol. The number of pyridine rings is 1. The topological polar surface area (TPSA) is 114 Å². The first-order chi connectivity index (χ1) is 13.0. The summed E-state index contributed by atoms with van der Waals surface area (Å²) in [5.41, 5.74) is 13.3. The van der Waals surface area contributed by atoms with E-state index in [0.29, 0.717) is 17.1 Å². The maximum atomic E-state index is 12.1. The molecule has 0 spiro atoms. The van der Waals surface area contributed by atoms with Crippen molar-refractivity contribution in [2.75, 3.05) is 18.0 Å². The molecule has 0 bridgehead atoms. The van der Waals surface area contributed by atoms with Crippen LogP contribution in [0.2, 0.25) is 0 Å². The largest absolute Gasteiger partial charge is 0.365 e. The van der Waals surface area contributed by atoms with Gasteiger partial charge in [-0.2, -0.15) is 0 Å². The van der Waals surface area contributed by atoms with Crippen LogP contribution in [0.25, 0.3) is 0 Å². The van der Waals surface area contributed by atoms with Crippen LogP contribution in [0.3, 0.4) is 0 Å². The summed E-state index contributed by atoms with van der Waals surface area (Å²) in [5, 5.41) is 3.25. The number of urea groups is 1. The van der Waals surface area contributed by atoms with E-state index in [1.807, 2.05) is 19.1 Å². The number of primary amides is 2. The van der Waals surface area contributed by atoms with Crippen molar-refractivity contribution in [2.24, 2.45) is 11.5 Å². The number of aryl methyl sites for hydroxylation is 1. The number of amides is 3. The molecule has 1 aliphatic heterocycles. The molecule has 3 heterocycles. The summed E-state index contributed by atoms with van der Waals surface area (Å²) in [7, 11) is 0. The van der Waals surface area contributed by atoms with Gasteiger partial charge in [-0.05, 0) is 44.5 Å². The summed E-state index contributed by atoms with van der Waals surface area (Å²) in [5.74, 6) is 5.43. The summed E-state index contributed by atoms with van der Waals surface area (Å²) in [6, 6.07) is 4.74. The second-order valence-electron chi connectivity index (χ2n) is 6.34. The molecule has 1 saturated heterocycles. The minimum absolute atomic E-state index is 0.119. The van der Waals surface area contributed by atoms with Crippen LogP contribution < -0.4 is 21.7 Å². The summed E-state index contributed by atoms with van der Waals surface area (Å²) >= 11 is 1.16. The number of thiophene rings is 1. The van der Waals surface area contributed by atoms with Gasteiger partial charge in [0.25, 0.3) is 5.91 Å². The fourth-order valence-corrected chi connectivity index (χ4v) is 3.88. The van der Waals surface area contributed by atoms with Gasteiger partial charge in [0, 0.05) is 24.0 Å². The predicted molar refractivity (Wildman–Crippen MR) is 106 cm³/mol. The standard InChI is InChI=1S/C19H21N5O2S/c1-12-4-5-13(10-23-12)6-7-15-9-16(17(27-15)18(20)25)24(19(21)26)14-3-2-8-22-11-14/h4-5,9-10,14,22H,2-3,8,11H2,1H3,(H2,20,25)(H2,21,26)/t14-/m0/s1. The molecule has 5 N–H and O–H groups in total. The summed E-state index contributed by atoms with van der Waals surface area (Å²) in [6.07, 6.45) is 3.42. The molecule has 0 unspecified atom stereocenters. The Morgan fingerprint density at radius 3 is 2.74 bits per heavy atom. The van der Waals surface area contributed by atoms with Gasteiger partial charge in [-0.15, -0.1) is 11.3 Å². The Morgan fingerprint density at radius 2 is 2.15 bits per heavy atom. The number of hydrogen-bond donors (Lipinski definition) is 3. The van der Waals surface area contributed by atoms with Crippen molar-refractivity contribution in [2.45, 2.75) is 25.8 Å². The molecule has 1 fully saturated rings. The highest BCUT2D eigenvalue weighted by Gasteiger charge is 2.29. The Morgan fingerprint density at radius 1 is 1.33 bits per heavy atom. The fourth-order valence-electron chi connectivity index (χ4n) is 3.02. The highest BCUT2D eigenvalue weighted by atomic mass is 32.1. The molecule has 3 amide bonds. The van der Waals surface area contributed by atoms with Crippen molar-refractivity contribution in [3.8, 4) is 11.8 Å². The van der Waals surface area contributed by atoms with Gasteiger partial charge in [0.2, 0.25) is 0 Å². The first-order valence-electron chi connectivity index (χ1n) is 8.63. The van der Waals surface area contributed by atoms with E-state index in [1.165, 1.54) is 4.90 Å². The zero-order valence-electron chi connectivity index (χ0n) is 15.0. The van der Waals surface area contributed by atoms with Gasteiger partial charge in [-0.1, -0.05) is 11.8 Å². The van der Waals surface area contributed by atoms with Crippen molar-refractivity contribution in [1.29, 1.82) is 0 Å². The Bertz CT molecular complexity index is 904. The van der Waals surface area contributed by atoms with Gasteiger partial charge < -0.3 is 16.8 Å². The summed E-state index contributed by atoms with van der Waals surface area (Å²) < 4.78 is 0. The van der Waals surface area contributed by atoms with Crippen molar-refractivity contribution < 1.29 is 9.59 Å². The van der Waals surface area contributed by atoms with E-state index in [9.17, 15) is 9.59 Å². The SMILES string of the molecule is Cc1ccc(C#Cc2cc(N(C(N)=O)[C@H]3CCCNC3)c(C(N)=O)s2)cn1. The minimum atomic E-state index is -0.605. The van der Waals surface area contributed by atoms with E-state index >= 15 is 0 Å². The Hall–Kier alpha value is -2.89. The van der Waals surface area contributed by atoms with E-state index in [1.54, 1.807) is 12.3 Å². The lowest BCUT2D eigenvalue weighted by Gasteiger charge is -2.33. The third-order valence-electron chi connectivity index (χ3n) is 4.31. The van der Waals surface area contributed by atoms with Crippen LogP contribution in [0, 0.1) is 18.8 Å². The first-order valence-corrected chi connectivity index (χ1v) is 9.45. The van der Waals surface area contributed by atoms with Crippen molar-refractivity contribution in [3.05, 3.63) is 45.4 Å². The third kappa shape index (κ3) is 4.45. The van der Waals surface area contributed by atoms with Gasteiger partial charge in [-0.3, -0.25) is 14.7 Å². The molecule has 2 aromatic rings. The molecule has 1 aliphatic rings. The van der Waals surface area contributed by atoms with Crippen LogP contribution in [0.5, 0.6) is 0 Å². The van der Waals surface area contributed by atoms with Crippen LogP contribution in [0.15, 0.2) is 24.4 Å². The average Bonchev–Trinajstić information content (AvgIpc) is 3.06. The molecule has 0 saturated carbocycles. The van der Waals surface area contributed by atoms with E-state index in [0.717, 1.165) is 42.0 Å². The molecule has 0 aliphatic carbocycles. The quantitative estimate of drug-likeness (QED) is 0.698. The van der Waals surface area contributed by atoms with Crippen LogP contribution in [0.4, 0.5) is 10.5 Å². The van der Waals surface area contributed by atoms with Gasteiger partial charge in [0.15, 0.2) is 0 Å². The van der Waals surface area contributed by atoms with E-state index in [4.69, 9.17) is 11.5 Å². The number of rotatable bonds is 3. The first kappa shape index (κ1) is 18.9. The lowest BCUT2D eigenvalue weighted by molar-refractivity contribution is 0.100. The Balaban J connectivity index is 1.96. The highest BCUT2D eigenvalue weighted by molar-refractivity contribution is 7.15. The number of nitrogens with one attached hydrogen (secondary N) is 1. The Kier molecular flexibility index (Phi) is 5.74. The zero-order valence-corrected chi connectivity index (χ0v) is 15.8. The number of piperidine rings is 1. The number of carbonyl (C=O) groups is 2. The molecule has 7 nitrogen and oxygen atoms in total. The van der Waals surface area contributed by atoms with Crippen LogP contribution in [0.1, 0.15) is 38.6 Å². The number of nitrogens with two attached hydrogens (primary N) is 2. The Labute approximate surface area is 161 Å². The van der Waals surface area contributed by atoms with E-state index < -0.39 is 11.9 Å². The van der Waals surface area contributed by atoms with Crippen LogP contribution >= 0.6 is 11.3 Å². The molecule has 0 aromatic carbocycles. The normalized spacial score (nSPS) is 16.3. The molecule has 27 heavy (non-hydrogen) atoms. The average molecular weight is 383 g/mol. The molecule has 3 rings (SSSR count). The second-order valence-corrected chi connectivity index (χ2v) is 7.39. The zero-order chi connectivity index (χ0) is 19.4. The second kappa shape index (κ2) is 8.20. The van der Waals surface area contributed by atoms with Crippen LogP contribution in [-0.2, 0) is 0 Å². The smallest absolute Gasteiger partial charge is 0.319 e. The van der Waals surface area contributed by atoms with Gasteiger partial charge in [0.1, 0.15) is 4.88 Å². The highest BCUT2D eigenvalue weighted by Crippen LogP contribution is 2.32. The number of aromatic nitrogens is 1. The number of anilines is 1. The molecule has 140 valence electrons. The van der Waals surface area contributed by atoms with Crippen molar-refractivity contribution >= 4 is 29.0 Å². The third-order valence-corrected chi connectivity index (χ3v) is 5.36. The lowest BCUT2D eigenvalue weighted by Crippen LogP contribution is -2.51. The number of carbonyl (C=O) groups excluding carboxylic acids is 2. The maximum Gasteiger partial charge on any atom is 0.319 e. The van der Waals surface area contributed by atoms with Gasteiger partial charge >= 0.3 is 6.03 Å². The fraction of sp³-hybridized carbons (Fsp3) is 0.316. The molecular weight excluding hydrogens is 362 g/mol. The summed E-state index contributed by atoms with van der Waals surface area (Å²) in [4.78, 5) is 30.6. The van der Waals surface area contributed by atoms with Gasteiger partial charge in [-0.25, -0.2) is 4.79 Å². The van der Waals surface area contributed by atoms with E-state index in [2.05, 4.69) is 22.1 Å². The molecule has 8 heteroatoms. The van der Waals surface area contributed by atoms with Gasteiger partial charge in [0.05, 0.1) is 16.6 Å².